The number of hydrazone groups is 6. The number of hydrogen-bond acceptors (Lipinski definition) is 19. The molecule has 0 saturated heterocycles. The predicted molar refractivity (Wildman–Crippen MR) is 544 cm³/mol. The largest absolute Gasteiger partial charge is 0.497 e. The van der Waals surface area contributed by atoms with E-state index in [2.05, 4.69) is 51.4 Å². The third-order valence-corrected chi connectivity index (χ3v) is 35.5. The van der Waals surface area contributed by atoms with E-state index < -0.39 is 32.5 Å². The molecule has 141 heavy (non-hydrogen) atoms. The first-order valence-corrected chi connectivity index (χ1v) is 50.9. The van der Waals surface area contributed by atoms with Crippen molar-refractivity contribution in [2.45, 2.75) is 216 Å². The van der Waals surface area contributed by atoms with Crippen molar-refractivity contribution in [1.29, 1.82) is 0 Å². The Morgan fingerprint density at radius 2 is 0.525 bits per heavy atom. The van der Waals surface area contributed by atoms with Crippen molar-refractivity contribution < 1.29 is 62.3 Å². The molecule has 18 atom stereocenters. The molecule has 736 valence electrons. The second kappa shape index (κ2) is 40.7. The van der Waals surface area contributed by atoms with Gasteiger partial charge in [-0.3, -0.25) is 57.5 Å². The van der Waals surface area contributed by atoms with Crippen LogP contribution in [0.5, 0.6) is 5.75 Å². The number of Topliss-reactive ketones (excluding diaryl/α,β-unsaturated/α-hetero) is 6. The number of carbonyl (C=O) groups excluding carboxylic acids is 12. The molecule has 25 nitrogen and oxygen atoms in total. The Hall–Kier alpha value is -12.8. The van der Waals surface area contributed by atoms with Gasteiger partial charge >= 0.3 is 0 Å². The van der Waals surface area contributed by atoms with Gasteiger partial charge in [-0.25, -0.2) is 30.1 Å². The maximum absolute atomic E-state index is 13.1. The number of ketones is 6. The lowest BCUT2D eigenvalue weighted by molar-refractivity contribution is -0.141. The number of fused-ring (bicyclic) bond motifs is 8. The molecule has 6 aliphatic heterocycles. The van der Waals surface area contributed by atoms with E-state index >= 15 is 0 Å². The summed E-state index contributed by atoms with van der Waals surface area (Å²) < 4.78 is 5.17. The summed E-state index contributed by atoms with van der Waals surface area (Å²) in [7, 11) is 1.60. The molecule has 8 fully saturated rings. The summed E-state index contributed by atoms with van der Waals surface area (Å²) in [6.45, 7) is 23.6. The minimum absolute atomic E-state index is 0.0112. The lowest BCUT2D eigenvalue weighted by atomic mass is 9.66. The van der Waals surface area contributed by atoms with Crippen molar-refractivity contribution in [2.75, 3.05) is 46.4 Å². The summed E-state index contributed by atoms with van der Waals surface area (Å²) >= 11 is 0. The Bertz CT molecular complexity index is 5940. The van der Waals surface area contributed by atoms with Gasteiger partial charge in [-0.05, 0) is 274 Å². The maximum Gasteiger partial charge on any atom is 0.259 e. The summed E-state index contributed by atoms with van der Waals surface area (Å²) in [5, 5.41) is 35.0. The van der Waals surface area contributed by atoms with Gasteiger partial charge in [0.2, 0.25) is 0 Å². The average Bonchev–Trinajstić information content (AvgIpc) is 1.58. The van der Waals surface area contributed by atoms with Crippen molar-refractivity contribution in [2.24, 2.45) is 123 Å². The molecule has 22 rings (SSSR count). The van der Waals surface area contributed by atoms with Gasteiger partial charge < -0.3 is 4.74 Å². The lowest BCUT2D eigenvalue weighted by Crippen LogP contribution is -2.45. The lowest BCUT2D eigenvalue weighted by Gasteiger charge is -2.35. The van der Waals surface area contributed by atoms with Gasteiger partial charge in [-0.1, -0.05) is 214 Å². The number of methoxy groups -OCH3 is 1. The molecule has 6 heterocycles. The number of ether oxygens (including phenoxy) is 1. The Labute approximate surface area is 828 Å². The average molecular weight is 1900 g/mol. The minimum atomic E-state index is -0.872. The monoisotopic (exact) mass is 1900 g/mol. The van der Waals surface area contributed by atoms with E-state index in [9.17, 15) is 57.5 Å². The summed E-state index contributed by atoms with van der Waals surface area (Å²) in [5.41, 5.74) is 7.08. The quantitative estimate of drug-likeness (QED) is 0.0491. The van der Waals surface area contributed by atoms with Crippen molar-refractivity contribution in [3.05, 3.63) is 245 Å². The standard InChI is InChI=1S/C20H20N2O3.C20H24N2O2.3C19H24N2O2.C19H18N2O2/c1-14-20(2,16-9-11-17(25-3)12-10-16)19(24)22(21-14)13-18(23)15-7-5-4-6-8-15;1-13-20(2,17-11-14-8-9-16(17)10-14)19(24)22(21-13)12-18(23)15-6-4-3-5-7-15;3*1-12-19(2,16-10-13-7-8-15(16)9-13)18(23)21(20-12)11-17(22)14-5-3-4-6-14;1-14-19(2,16-11-7-4-8-12-16)18(23)21(20-14)13-17(22)15-9-5-3-6-10-15/h4-12H,13H2,1-3H3;3-7,14,16-17H,8-12H2,1-2H3;3*3-5,13,15-16H,6-11H2,1-2H3;3-12H,13H2,1-2H3/t;14-,16+,17+,20+;13?,15?,16?,19-;2*13?,15?,16-,19?;/m.0110./s1. The molecule has 0 spiro atoms. The molecule has 6 amide bonds. The molecule has 8 bridgehead atoms. The molecule has 0 aromatic heterocycles. The molecule has 0 N–H and O–H groups in total. The van der Waals surface area contributed by atoms with Gasteiger partial charge in [0.25, 0.3) is 35.4 Å². The fourth-order valence-corrected chi connectivity index (χ4v) is 26.2. The van der Waals surface area contributed by atoms with Gasteiger partial charge in [0, 0.05) is 33.4 Å². The Morgan fingerprint density at radius 3 is 0.752 bits per heavy atom. The second-order valence-corrected chi connectivity index (χ2v) is 43.2. The number of carbonyl (C=O) groups is 12. The summed E-state index contributed by atoms with van der Waals surface area (Å²) in [6.07, 6.45) is 39.1. The van der Waals surface area contributed by atoms with Crippen LogP contribution in [0.15, 0.2) is 248 Å². The van der Waals surface area contributed by atoms with E-state index in [4.69, 9.17) is 4.74 Å². The molecule has 17 aliphatic rings. The first-order chi connectivity index (χ1) is 67.5. The minimum Gasteiger partial charge on any atom is -0.497 e. The Morgan fingerprint density at radius 1 is 0.291 bits per heavy atom. The highest BCUT2D eigenvalue weighted by Gasteiger charge is 2.62. The molecule has 5 aromatic carbocycles. The van der Waals surface area contributed by atoms with E-state index in [1.54, 1.807) is 55.6 Å². The zero-order valence-electron chi connectivity index (χ0n) is 83.8. The van der Waals surface area contributed by atoms with Crippen molar-refractivity contribution in [3.8, 4) is 5.75 Å². The van der Waals surface area contributed by atoms with Crippen LogP contribution in [0.3, 0.4) is 0 Å². The van der Waals surface area contributed by atoms with Crippen LogP contribution in [0.1, 0.15) is 247 Å². The van der Waals surface area contributed by atoms with Crippen LogP contribution in [-0.4, -0.2) is 181 Å². The zero-order chi connectivity index (χ0) is 99.9. The van der Waals surface area contributed by atoms with Crippen molar-refractivity contribution >= 4 is 104 Å². The number of rotatable bonds is 25. The third-order valence-electron chi connectivity index (χ3n) is 35.5. The van der Waals surface area contributed by atoms with Crippen LogP contribution < -0.4 is 4.74 Å². The fraction of sp³-hybridized carbons (Fsp3) is 0.483. The normalized spacial score (nSPS) is 31.6. The first-order valence-electron chi connectivity index (χ1n) is 50.9. The molecule has 8 saturated carbocycles. The highest BCUT2D eigenvalue weighted by molar-refractivity contribution is 6.20. The van der Waals surface area contributed by atoms with E-state index in [0.717, 1.165) is 106 Å². The van der Waals surface area contributed by atoms with Gasteiger partial charge in [0.15, 0.2) is 34.7 Å². The summed E-state index contributed by atoms with van der Waals surface area (Å²) in [6, 6.07) is 43.9. The van der Waals surface area contributed by atoms with Gasteiger partial charge in [-0.15, -0.1) is 0 Å². The van der Waals surface area contributed by atoms with E-state index in [0.29, 0.717) is 94.7 Å². The van der Waals surface area contributed by atoms with Crippen LogP contribution in [0.25, 0.3) is 0 Å². The van der Waals surface area contributed by atoms with Gasteiger partial charge in [-0.2, -0.15) is 30.6 Å². The summed E-state index contributed by atoms with van der Waals surface area (Å²) in [5.74, 6) is 7.65. The number of nitrogens with zero attached hydrogens (tertiary/aromatic N) is 12. The molecule has 5 aromatic rings. The van der Waals surface area contributed by atoms with Crippen molar-refractivity contribution in [1.82, 2.24) is 30.1 Å². The molecule has 11 aliphatic carbocycles. The maximum atomic E-state index is 13.1. The number of hydrogen-bond donors (Lipinski definition) is 0. The Balaban J connectivity index is 0.000000117. The number of allylic oxidation sites excluding steroid dienone is 9. The smallest absolute Gasteiger partial charge is 0.259 e. The van der Waals surface area contributed by atoms with Crippen molar-refractivity contribution in [3.63, 3.8) is 0 Å². The molecule has 11 unspecified atom stereocenters. The van der Waals surface area contributed by atoms with Crippen LogP contribution in [-0.2, 0) is 54.0 Å². The fourth-order valence-electron chi connectivity index (χ4n) is 26.2. The number of amides is 6. The SMILES string of the molecule is CC1=NN(CC(=O)C2=CC=CC2)C(=O)C1(C)[C@@H]1CC2CCC1C2.CC1=NN(CC(=O)C2=CC=CC2)C(=O)C1(C)[C@H]1CC2CCC1C2.CC1=NN(CC(=O)C2=CC=CC2)C(=O)[C@@]1(C)C1CC2CCC1C2.CC1=NN(CC(=O)c2ccccc2)C(=O)C1(C)c1ccccc1.CC1=NN(CC(=O)c2ccccc2)C(=O)[C@@]1(C)[C@@H]1C[C@H]2CC[C@@H]1C2.COc1ccc(C2(C)C(=O)N(CC(=O)c3ccccc3)N=C2C)cc1. The first kappa shape index (κ1) is 99.8. The van der Waals surface area contributed by atoms with E-state index in [1.165, 1.54) is 107 Å². The Kier molecular flexibility index (Phi) is 28.8. The molecular formula is C116H134N12O13. The highest BCUT2D eigenvalue weighted by atomic mass is 16.5. The highest BCUT2D eigenvalue weighted by Crippen LogP contribution is 2.61. The second-order valence-electron chi connectivity index (χ2n) is 43.2. The van der Waals surface area contributed by atoms with Crippen LogP contribution in [0, 0.1) is 92.7 Å². The van der Waals surface area contributed by atoms with Crippen LogP contribution >= 0.6 is 0 Å². The van der Waals surface area contributed by atoms with Crippen LogP contribution in [0.2, 0.25) is 0 Å². The summed E-state index contributed by atoms with van der Waals surface area (Å²) in [4.78, 5) is 152. The topological polar surface area (TPSA) is 308 Å². The van der Waals surface area contributed by atoms with Gasteiger partial charge in [0.1, 0.15) is 55.8 Å². The molecule has 25 heteroatoms. The zero-order valence-corrected chi connectivity index (χ0v) is 83.8. The number of benzene rings is 5. The van der Waals surface area contributed by atoms with E-state index in [-0.39, 0.29) is 109 Å². The molecular weight excluding hydrogens is 1770 g/mol. The third kappa shape index (κ3) is 19.0. The predicted octanol–water partition coefficient (Wildman–Crippen LogP) is 18.9. The molecule has 0 radical (unpaired) electrons. The van der Waals surface area contributed by atoms with Gasteiger partial charge in [0.05, 0.1) is 63.0 Å². The van der Waals surface area contributed by atoms with Crippen LogP contribution in [0.4, 0.5) is 0 Å². The van der Waals surface area contributed by atoms with E-state index in [1.807, 2.05) is 214 Å².